The first-order valence-corrected chi connectivity index (χ1v) is 7.52. The van der Waals surface area contributed by atoms with Gasteiger partial charge in [-0.3, -0.25) is 4.68 Å². The van der Waals surface area contributed by atoms with E-state index in [1.807, 2.05) is 26.1 Å². The summed E-state index contributed by atoms with van der Waals surface area (Å²) in [6.07, 6.45) is 0. The molecular weight excluding hydrogens is 358 g/mol. The van der Waals surface area contributed by atoms with E-state index in [2.05, 4.69) is 21.0 Å². The molecule has 1 heterocycles. The number of nitrogens with two attached hydrogens (primary N) is 1. The van der Waals surface area contributed by atoms with Gasteiger partial charge in [0.25, 0.3) is 0 Å². The zero-order chi connectivity index (χ0) is 15.6. The molecule has 5 nitrogen and oxygen atoms in total. The van der Waals surface area contributed by atoms with E-state index in [0.717, 1.165) is 21.4 Å². The van der Waals surface area contributed by atoms with Gasteiger partial charge in [0.15, 0.2) is 11.5 Å². The minimum absolute atomic E-state index is 0.299. The minimum atomic E-state index is 0.299. The van der Waals surface area contributed by atoms with Crippen LogP contribution < -0.4 is 15.2 Å². The van der Waals surface area contributed by atoms with Crippen LogP contribution in [0.25, 0.3) is 0 Å². The van der Waals surface area contributed by atoms with Crippen molar-refractivity contribution in [2.24, 2.45) is 12.8 Å². The molecule has 7 heteroatoms. The quantitative estimate of drug-likeness (QED) is 0.873. The second kappa shape index (κ2) is 6.68. The van der Waals surface area contributed by atoms with Crippen LogP contribution in [0, 0.1) is 6.92 Å². The Labute approximate surface area is 137 Å². The monoisotopic (exact) mass is 373 g/mol. The molecule has 0 aliphatic rings. The lowest BCUT2D eigenvalue weighted by molar-refractivity contribution is 0.274. The topological polar surface area (TPSA) is 62.3 Å². The number of hydrogen-bond donors (Lipinski definition) is 1. The molecule has 0 radical (unpaired) electrons. The third-order valence-corrected chi connectivity index (χ3v) is 4.22. The number of ether oxygens (including phenoxy) is 2. The summed E-state index contributed by atoms with van der Waals surface area (Å²) >= 11 is 9.70. The predicted octanol–water partition coefficient (Wildman–Crippen LogP) is 3.19. The maximum atomic E-state index is 6.22. The Hall–Kier alpha value is -1.24. The van der Waals surface area contributed by atoms with Crippen molar-refractivity contribution in [2.45, 2.75) is 20.1 Å². The van der Waals surface area contributed by atoms with Crippen LogP contribution in [-0.2, 0) is 20.2 Å². The van der Waals surface area contributed by atoms with Gasteiger partial charge in [-0.25, -0.2) is 0 Å². The van der Waals surface area contributed by atoms with Crippen LogP contribution in [0.1, 0.15) is 17.0 Å². The molecule has 2 N–H and O–H groups in total. The lowest BCUT2D eigenvalue weighted by atomic mass is 10.2. The highest BCUT2D eigenvalue weighted by molar-refractivity contribution is 9.10. The molecule has 2 rings (SSSR count). The van der Waals surface area contributed by atoms with Gasteiger partial charge < -0.3 is 15.2 Å². The van der Waals surface area contributed by atoms with E-state index in [-0.39, 0.29) is 0 Å². The van der Waals surface area contributed by atoms with Gasteiger partial charge in [-0.15, -0.1) is 0 Å². The van der Waals surface area contributed by atoms with E-state index >= 15 is 0 Å². The van der Waals surface area contributed by atoms with Crippen molar-refractivity contribution < 1.29 is 9.47 Å². The summed E-state index contributed by atoms with van der Waals surface area (Å²) in [5.41, 5.74) is 8.20. The first-order chi connectivity index (χ1) is 9.97. The number of methoxy groups -OCH3 is 1. The number of halogens is 2. The fourth-order valence-corrected chi connectivity index (χ4v) is 2.83. The molecule has 0 aliphatic heterocycles. The van der Waals surface area contributed by atoms with Crippen LogP contribution in [0.4, 0.5) is 0 Å². The molecule has 0 saturated heterocycles. The molecule has 0 atom stereocenters. The summed E-state index contributed by atoms with van der Waals surface area (Å²) in [5.74, 6) is 1.24. The van der Waals surface area contributed by atoms with Crippen LogP contribution in [0.3, 0.4) is 0 Å². The Kier molecular flexibility index (Phi) is 5.13. The smallest absolute Gasteiger partial charge is 0.175 e. The first kappa shape index (κ1) is 16.1. The minimum Gasteiger partial charge on any atom is -0.493 e. The van der Waals surface area contributed by atoms with Gasteiger partial charge >= 0.3 is 0 Å². The maximum Gasteiger partial charge on any atom is 0.175 e. The van der Waals surface area contributed by atoms with Gasteiger partial charge in [-0.05, 0) is 40.5 Å². The summed E-state index contributed by atoms with van der Waals surface area (Å²) in [7, 11) is 3.43. The van der Waals surface area contributed by atoms with E-state index in [1.165, 1.54) is 0 Å². The molecule has 0 spiro atoms. The Morgan fingerprint density at radius 2 is 2.14 bits per heavy atom. The largest absolute Gasteiger partial charge is 0.493 e. The van der Waals surface area contributed by atoms with Gasteiger partial charge in [0.2, 0.25) is 0 Å². The zero-order valence-corrected chi connectivity index (χ0v) is 14.5. The summed E-state index contributed by atoms with van der Waals surface area (Å²) in [5, 5.41) is 4.88. The molecule has 0 bridgehead atoms. The van der Waals surface area contributed by atoms with Crippen molar-refractivity contribution in [2.75, 3.05) is 7.11 Å². The van der Waals surface area contributed by atoms with Crippen molar-refractivity contribution in [1.29, 1.82) is 0 Å². The van der Waals surface area contributed by atoms with E-state index in [0.29, 0.717) is 29.7 Å². The molecule has 0 aliphatic carbocycles. The summed E-state index contributed by atoms with van der Waals surface area (Å²) in [6.45, 7) is 2.59. The number of hydrogen-bond acceptors (Lipinski definition) is 4. The fraction of sp³-hybridized carbons (Fsp3) is 0.357. The molecular formula is C14H17BrClN3O2. The highest BCUT2D eigenvalue weighted by Gasteiger charge is 2.15. The van der Waals surface area contributed by atoms with Gasteiger partial charge in [-0.2, -0.15) is 5.10 Å². The van der Waals surface area contributed by atoms with E-state index in [4.69, 9.17) is 26.8 Å². The van der Waals surface area contributed by atoms with Crippen LogP contribution in [0.5, 0.6) is 11.5 Å². The summed E-state index contributed by atoms with van der Waals surface area (Å²) in [6, 6.07) is 3.77. The van der Waals surface area contributed by atoms with E-state index in [9.17, 15) is 0 Å². The third-order valence-electron chi connectivity index (χ3n) is 3.14. The first-order valence-electron chi connectivity index (χ1n) is 6.35. The number of rotatable bonds is 5. The maximum absolute atomic E-state index is 6.22. The van der Waals surface area contributed by atoms with Crippen LogP contribution in [-0.4, -0.2) is 16.9 Å². The highest BCUT2D eigenvalue weighted by Crippen LogP contribution is 2.37. The number of aromatic nitrogens is 2. The number of benzene rings is 1. The number of nitrogens with zero attached hydrogens (tertiary/aromatic N) is 2. The second-order valence-electron chi connectivity index (χ2n) is 4.57. The van der Waals surface area contributed by atoms with Gasteiger partial charge in [-0.1, -0.05) is 11.6 Å². The van der Waals surface area contributed by atoms with E-state index < -0.39 is 0 Å². The Balaban J connectivity index is 2.27. The average Bonchev–Trinajstić information content (AvgIpc) is 2.70. The van der Waals surface area contributed by atoms with Gasteiger partial charge in [0.05, 0.1) is 28.0 Å². The standard InChI is InChI=1S/C14H17BrClN3O2/c1-8-13(16)11(19(2)18-8)7-21-14-10(15)4-9(6-17)5-12(14)20-3/h4-5H,6-7,17H2,1-3H3. The summed E-state index contributed by atoms with van der Waals surface area (Å²) < 4.78 is 13.7. The van der Waals surface area contributed by atoms with Crippen molar-refractivity contribution in [3.05, 3.63) is 38.6 Å². The molecule has 0 saturated carbocycles. The molecule has 114 valence electrons. The summed E-state index contributed by atoms with van der Waals surface area (Å²) in [4.78, 5) is 0. The van der Waals surface area contributed by atoms with Gasteiger partial charge in [0, 0.05) is 13.6 Å². The molecule has 2 aromatic rings. The Bertz CT molecular complexity index is 658. The lowest BCUT2D eigenvalue weighted by Crippen LogP contribution is -2.05. The molecule has 1 aromatic carbocycles. The van der Waals surface area contributed by atoms with Crippen molar-refractivity contribution in [3.63, 3.8) is 0 Å². The second-order valence-corrected chi connectivity index (χ2v) is 5.80. The fourth-order valence-electron chi connectivity index (χ4n) is 2.01. The SMILES string of the molecule is COc1cc(CN)cc(Br)c1OCc1c(Cl)c(C)nn1C. The van der Waals surface area contributed by atoms with Crippen LogP contribution in [0.15, 0.2) is 16.6 Å². The molecule has 0 unspecified atom stereocenters. The lowest BCUT2D eigenvalue weighted by Gasteiger charge is -2.14. The molecule has 0 amide bonds. The van der Waals surface area contributed by atoms with Crippen molar-refractivity contribution >= 4 is 27.5 Å². The molecule has 0 fully saturated rings. The normalized spacial score (nSPS) is 10.8. The number of aryl methyl sites for hydroxylation is 2. The third kappa shape index (κ3) is 3.33. The predicted molar refractivity (Wildman–Crippen MR) is 85.9 cm³/mol. The van der Waals surface area contributed by atoms with Gasteiger partial charge in [0.1, 0.15) is 6.61 Å². The van der Waals surface area contributed by atoms with E-state index in [1.54, 1.807) is 11.8 Å². The molecule has 21 heavy (non-hydrogen) atoms. The van der Waals surface area contributed by atoms with Crippen LogP contribution in [0.2, 0.25) is 5.02 Å². The highest BCUT2D eigenvalue weighted by atomic mass is 79.9. The van der Waals surface area contributed by atoms with Crippen molar-refractivity contribution in [1.82, 2.24) is 9.78 Å². The van der Waals surface area contributed by atoms with Crippen LogP contribution >= 0.6 is 27.5 Å². The zero-order valence-electron chi connectivity index (χ0n) is 12.1. The molecule has 1 aromatic heterocycles. The average molecular weight is 375 g/mol. The Morgan fingerprint density at radius 1 is 1.43 bits per heavy atom. The Morgan fingerprint density at radius 3 is 2.67 bits per heavy atom. The van der Waals surface area contributed by atoms with Crippen molar-refractivity contribution in [3.8, 4) is 11.5 Å².